The van der Waals surface area contributed by atoms with Gasteiger partial charge in [0, 0.05) is 25.0 Å². The highest BCUT2D eigenvalue weighted by atomic mass is 16.5. The molecule has 1 fully saturated rings. The van der Waals surface area contributed by atoms with Crippen molar-refractivity contribution in [3.63, 3.8) is 0 Å². The van der Waals surface area contributed by atoms with Crippen LogP contribution in [0.1, 0.15) is 56.3 Å². The lowest BCUT2D eigenvalue weighted by atomic mass is 9.87. The van der Waals surface area contributed by atoms with Crippen LogP contribution in [0, 0.1) is 11.8 Å². The maximum atomic E-state index is 5.60. The molecule has 1 N–H and O–H groups in total. The molecule has 4 heteroatoms. The average Bonchev–Trinajstić information content (AvgIpc) is 3.30. The van der Waals surface area contributed by atoms with Gasteiger partial charge in [-0.15, -0.1) is 0 Å². The van der Waals surface area contributed by atoms with E-state index in [2.05, 4.69) is 24.1 Å². The second-order valence-corrected chi connectivity index (χ2v) is 6.87. The molecule has 2 atom stereocenters. The molecule has 0 radical (unpaired) electrons. The number of hydrogen-bond donors (Lipinski definition) is 1. The summed E-state index contributed by atoms with van der Waals surface area (Å²) in [7, 11) is 1.78. The Hall–Kier alpha value is -1.00. The van der Waals surface area contributed by atoms with Crippen LogP contribution in [-0.4, -0.2) is 29.7 Å². The normalized spacial score (nSPS) is 23.1. The van der Waals surface area contributed by atoms with E-state index in [4.69, 9.17) is 9.72 Å². The Bertz CT molecular complexity index is 485. The first-order valence-corrected chi connectivity index (χ1v) is 8.28. The second kappa shape index (κ2) is 6.41. The summed E-state index contributed by atoms with van der Waals surface area (Å²) >= 11 is 0. The molecule has 2 aliphatic carbocycles. The van der Waals surface area contributed by atoms with E-state index in [1.54, 1.807) is 7.11 Å². The molecule has 116 valence electrons. The Morgan fingerprint density at radius 1 is 1.33 bits per heavy atom. The molecule has 0 aliphatic heterocycles. The van der Waals surface area contributed by atoms with Crippen LogP contribution in [0.2, 0.25) is 0 Å². The first-order chi connectivity index (χ1) is 10.2. The molecule has 1 aromatic rings. The average molecular weight is 289 g/mol. The monoisotopic (exact) mass is 289 g/mol. The zero-order valence-electron chi connectivity index (χ0n) is 13.4. The van der Waals surface area contributed by atoms with Gasteiger partial charge in [-0.05, 0) is 56.0 Å². The molecule has 1 saturated carbocycles. The van der Waals surface area contributed by atoms with Gasteiger partial charge in [-0.1, -0.05) is 13.8 Å². The summed E-state index contributed by atoms with van der Waals surface area (Å²) in [6.45, 7) is 5.51. The summed E-state index contributed by atoms with van der Waals surface area (Å²) in [5, 5.41) is 3.55. The van der Waals surface area contributed by atoms with E-state index in [1.807, 2.05) is 6.20 Å². The van der Waals surface area contributed by atoms with Crippen molar-refractivity contribution in [1.29, 1.82) is 0 Å². The number of fused-ring (bicyclic) bond motifs is 1. The van der Waals surface area contributed by atoms with Crippen LogP contribution >= 0.6 is 0 Å². The Kier molecular flexibility index (Phi) is 4.55. The molecule has 4 nitrogen and oxygen atoms in total. The van der Waals surface area contributed by atoms with E-state index in [-0.39, 0.29) is 6.10 Å². The Morgan fingerprint density at radius 2 is 2.14 bits per heavy atom. The van der Waals surface area contributed by atoms with Gasteiger partial charge in [0.1, 0.15) is 6.10 Å². The SMILES string of the molecule is COC(c1ncc2c(n1)CCC(CNC(C)C)C2)C1CC1. The highest BCUT2D eigenvalue weighted by Gasteiger charge is 2.35. The quantitative estimate of drug-likeness (QED) is 0.874. The lowest BCUT2D eigenvalue weighted by molar-refractivity contribution is 0.0768. The summed E-state index contributed by atoms with van der Waals surface area (Å²) in [4.78, 5) is 9.42. The Balaban J connectivity index is 1.67. The molecule has 0 saturated heterocycles. The molecule has 1 heterocycles. The van der Waals surface area contributed by atoms with Gasteiger partial charge in [0.15, 0.2) is 5.82 Å². The van der Waals surface area contributed by atoms with Gasteiger partial charge >= 0.3 is 0 Å². The third kappa shape index (κ3) is 3.61. The molecule has 2 aliphatic rings. The number of ether oxygens (including phenoxy) is 1. The standard InChI is InChI=1S/C17H27N3O/c1-11(2)18-9-12-4-7-15-14(8-12)10-19-17(20-15)16(21-3)13-5-6-13/h10-13,16,18H,4-9H2,1-3H3. The van der Waals surface area contributed by atoms with Crippen molar-refractivity contribution in [2.24, 2.45) is 11.8 Å². The van der Waals surface area contributed by atoms with Crippen LogP contribution in [0.4, 0.5) is 0 Å². The van der Waals surface area contributed by atoms with Crippen LogP contribution in [0.25, 0.3) is 0 Å². The Morgan fingerprint density at radius 3 is 2.81 bits per heavy atom. The van der Waals surface area contributed by atoms with Crippen molar-refractivity contribution in [3.8, 4) is 0 Å². The third-order valence-corrected chi connectivity index (χ3v) is 4.64. The molecule has 2 unspecified atom stereocenters. The van der Waals surface area contributed by atoms with Crippen molar-refractivity contribution in [3.05, 3.63) is 23.3 Å². The minimum atomic E-state index is 0.107. The summed E-state index contributed by atoms with van der Waals surface area (Å²) in [5.41, 5.74) is 2.59. The summed E-state index contributed by atoms with van der Waals surface area (Å²) in [5.74, 6) is 2.26. The van der Waals surface area contributed by atoms with Crippen molar-refractivity contribution in [2.45, 2.75) is 58.1 Å². The number of aromatic nitrogens is 2. The lowest BCUT2D eigenvalue weighted by Gasteiger charge is -2.25. The number of rotatable bonds is 6. The fourth-order valence-electron chi connectivity index (χ4n) is 3.22. The highest BCUT2D eigenvalue weighted by molar-refractivity contribution is 5.22. The fraction of sp³-hybridized carbons (Fsp3) is 0.765. The molecule has 0 spiro atoms. The summed E-state index contributed by atoms with van der Waals surface area (Å²) in [6.07, 6.45) is 8.07. The van der Waals surface area contributed by atoms with Crippen molar-refractivity contribution in [1.82, 2.24) is 15.3 Å². The third-order valence-electron chi connectivity index (χ3n) is 4.64. The van der Waals surface area contributed by atoms with Gasteiger partial charge in [-0.2, -0.15) is 0 Å². The van der Waals surface area contributed by atoms with Gasteiger partial charge in [0.05, 0.1) is 0 Å². The van der Waals surface area contributed by atoms with Gasteiger partial charge in [-0.3, -0.25) is 0 Å². The van der Waals surface area contributed by atoms with Crippen LogP contribution in [0.3, 0.4) is 0 Å². The first-order valence-electron chi connectivity index (χ1n) is 8.28. The number of hydrogen-bond acceptors (Lipinski definition) is 4. The van der Waals surface area contributed by atoms with Crippen molar-refractivity contribution >= 4 is 0 Å². The van der Waals surface area contributed by atoms with Crippen LogP contribution in [0.15, 0.2) is 6.20 Å². The van der Waals surface area contributed by atoms with Crippen LogP contribution in [-0.2, 0) is 17.6 Å². The van der Waals surface area contributed by atoms with Gasteiger partial charge in [-0.25, -0.2) is 9.97 Å². The molecule has 3 rings (SSSR count). The van der Waals surface area contributed by atoms with E-state index in [9.17, 15) is 0 Å². The van der Waals surface area contributed by atoms with E-state index in [1.165, 1.54) is 30.5 Å². The maximum absolute atomic E-state index is 5.60. The largest absolute Gasteiger partial charge is 0.373 e. The molecule has 21 heavy (non-hydrogen) atoms. The Labute approximate surface area is 127 Å². The summed E-state index contributed by atoms with van der Waals surface area (Å²) in [6, 6.07) is 0.561. The number of nitrogens with one attached hydrogen (secondary N) is 1. The van der Waals surface area contributed by atoms with Crippen LogP contribution in [0.5, 0.6) is 0 Å². The highest BCUT2D eigenvalue weighted by Crippen LogP contribution is 2.42. The molecular weight excluding hydrogens is 262 g/mol. The topological polar surface area (TPSA) is 47.0 Å². The van der Waals surface area contributed by atoms with Gasteiger partial charge < -0.3 is 10.1 Å². The molecule has 0 amide bonds. The van der Waals surface area contributed by atoms with Crippen molar-refractivity contribution < 1.29 is 4.74 Å². The zero-order valence-corrected chi connectivity index (χ0v) is 13.4. The lowest BCUT2D eigenvalue weighted by Crippen LogP contribution is -2.32. The second-order valence-electron chi connectivity index (χ2n) is 6.87. The number of aryl methyl sites for hydroxylation is 1. The summed E-state index contributed by atoms with van der Waals surface area (Å²) < 4.78 is 5.60. The minimum absolute atomic E-state index is 0.107. The van der Waals surface area contributed by atoms with E-state index >= 15 is 0 Å². The maximum Gasteiger partial charge on any atom is 0.157 e. The first kappa shape index (κ1) is 14.9. The molecule has 0 bridgehead atoms. The fourth-order valence-corrected chi connectivity index (χ4v) is 3.22. The smallest absolute Gasteiger partial charge is 0.157 e. The predicted octanol–water partition coefficient (Wildman–Crippen LogP) is 2.68. The van der Waals surface area contributed by atoms with Gasteiger partial charge in [0.25, 0.3) is 0 Å². The zero-order chi connectivity index (χ0) is 14.8. The van der Waals surface area contributed by atoms with E-state index in [0.29, 0.717) is 12.0 Å². The molecular formula is C17H27N3O. The minimum Gasteiger partial charge on any atom is -0.373 e. The number of nitrogens with zero attached hydrogens (tertiary/aromatic N) is 2. The molecule has 0 aromatic carbocycles. The van der Waals surface area contributed by atoms with Crippen LogP contribution < -0.4 is 5.32 Å². The molecule has 1 aromatic heterocycles. The van der Waals surface area contributed by atoms with E-state index in [0.717, 1.165) is 31.1 Å². The van der Waals surface area contributed by atoms with Gasteiger partial charge in [0.2, 0.25) is 0 Å². The van der Waals surface area contributed by atoms with Crippen molar-refractivity contribution in [2.75, 3.05) is 13.7 Å². The number of methoxy groups -OCH3 is 1. The predicted molar refractivity (Wildman–Crippen MR) is 83.2 cm³/mol. The van der Waals surface area contributed by atoms with E-state index < -0.39 is 0 Å².